The molecule has 0 saturated carbocycles. The zero-order valence-electron chi connectivity index (χ0n) is 12.2. The minimum atomic E-state index is -0.263. The highest BCUT2D eigenvalue weighted by molar-refractivity contribution is 5.96. The van der Waals surface area contributed by atoms with E-state index in [0.717, 1.165) is 23.3 Å². The second-order valence-corrected chi connectivity index (χ2v) is 4.87. The number of carbonyl (C=O) groups is 1. The molecule has 21 heavy (non-hydrogen) atoms. The van der Waals surface area contributed by atoms with E-state index < -0.39 is 0 Å². The number of carbonyl (C=O) groups excluding carboxylic acids is 1. The lowest BCUT2D eigenvalue weighted by Gasteiger charge is -2.08. The van der Waals surface area contributed by atoms with E-state index in [9.17, 15) is 9.90 Å². The number of methoxy groups -OCH3 is 1. The molecule has 4 heteroatoms. The molecule has 0 aliphatic carbocycles. The molecule has 0 aliphatic heterocycles. The van der Waals surface area contributed by atoms with Crippen LogP contribution in [-0.2, 0) is 6.42 Å². The molecule has 0 fully saturated rings. The standard InChI is InChI=1S/C17H19NO3/c1-12-3-8-15(16(19)11-12)17(20)18-10-9-13-4-6-14(21-2)7-5-13/h3-8,11,19H,9-10H2,1-2H3,(H,18,20). The predicted octanol–water partition coefficient (Wildman–Crippen LogP) is 2.68. The van der Waals surface area contributed by atoms with Gasteiger partial charge in [-0.1, -0.05) is 18.2 Å². The van der Waals surface area contributed by atoms with Gasteiger partial charge in [-0.15, -0.1) is 0 Å². The molecule has 1 amide bonds. The van der Waals surface area contributed by atoms with Gasteiger partial charge in [0.2, 0.25) is 0 Å². The lowest BCUT2D eigenvalue weighted by Crippen LogP contribution is -2.25. The Balaban J connectivity index is 1.88. The fourth-order valence-electron chi connectivity index (χ4n) is 2.04. The molecular weight excluding hydrogens is 266 g/mol. The number of nitrogens with one attached hydrogen (secondary N) is 1. The molecule has 0 spiro atoms. The molecule has 0 aromatic heterocycles. The Morgan fingerprint density at radius 2 is 1.90 bits per heavy atom. The predicted molar refractivity (Wildman–Crippen MR) is 81.9 cm³/mol. The van der Waals surface area contributed by atoms with Crippen LogP contribution in [0, 0.1) is 6.92 Å². The van der Waals surface area contributed by atoms with E-state index in [0.29, 0.717) is 12.1 Å². The zero-order valence-corrected chi connectivity index (χ0v) is 12.2. The summed E-state index contributed by atoms with van der Waals surface area (Å²) in [4.78, 5) is 12.0. The van der Waals surface area contributed by atoms with Gasteiger partial charge in [0.1, 0.15) is 11.5 Å². The molecule has 2 N–H and O–H groups in total. The Kier molecular flexibility index (Phi) is 4.82. The number of phenolic OH excluding ortho intramolecular Hbond substituents is 1. The van der Waals surface area contributed by atoms with Crippen molar-refractivity contribution in [1.29, 1.82) is 0 Å². The van der Waals surface area contributed by atoms with Gasteiger partial charge in [-0.25, -0.2) is 0 Å². The van der Waals surface area contributed by atoms with Gasteiger partial charge in [-0.3, -0.25) is 4.79 Å². The minimum Gasteiger partial charge on any atom is -0.507 e. The third-order valence-electron chi connectivity index (χ3n) is 3.26. The average Bonchev–Trinajstić information content (AvgIpc) is 2.47. The second kappa shape index (κ2) is 6.79. The summed E-state index contributed by atoms with van der Waals surface area (Å²) in [5, 5.41) is 12.6. The highest BCUT2D eigenvalue weighted by atomic mass is 16.5. The SMILES string of the molecule is COc1ccc(CCNC(=O)c2ccc(C)cc2O)cc1. The van der Waals surface area contributed by atoms with Gasteiger partial charge in [0.25, 0.3) is 5.91 Å². The number of amides is 1. The van der Waals surface area contributed by atoms with Crippen LogP contribution >= 0.6 is 0 Å². The Bertz CT molecular complexity index is 620. The quantitative estimate of drug-likeness (QED) is 0.888. The number of ether oxygens (including phenoxy) is 1. The number of rotatable bonds is 5. The summed E-state index contributed by atoms with van der Waals surface area (Å²) in [5.74, 6) is 0.560. The molecule has 110 valence electrons. The van der Waals surface area contributed by atoms with Crippen molar-refractivity contribution in [2.24, 2.45) is 0 Å². The number of phenols is 1. The van der Waals surface area contributed by atoms with Gasteiger partial charge < -0.3 is 15.2 Å². The van der Waals surface area contributed by atoms with Crippen LogP contribution in [0.15, 0.2) is 42.5 Å². The average molecular weight is 285 g/mol. The molecule has 0 radical (unpaired) electrons. The van der Waals surface area contributed by atoms with Gasteiger partial charge in [-0.05, 0) is 48.7 Å². The fourth-order valence-corrected chi connectivity index (χ4v) is 2.04. The van der Waals surface area contributed by atoms with Crippen LogP contribution < -0.4 is 10.1 Å². The smallest absolute Gasteiger partial charge is 0.255 e. The molecule has 0 heterocycles. The Morgan fingerprint density at radius 3 is 2.52 bits per heavy atom. The van der Waals surface area contributed by atoms with Crippen LogP contribution in [0.2, 0.25) is 0 Å². The van der Waals surface area contributed by atoms with Crippen LogP contribution in [-0.4, -0.2) is 24.7 Å². The maximum absolute atomic E-state index is 12.0. The Labute approximate surface area is 124 Å². The van der Waals surface area contributed by atoms with Crippen molar-refractivity contribution in [2.45, 2.75) is 13.3 Å². The van der Waals surface area contributed by atoms with E-state index in [1.165, 1.54) is 0 Å². The highest BCUT2D eigenvalue weighted by Crippen LogP contribution is 2.18. The van der Waals surface area contributed by atoms with Crippen molar-refractivity contribution < 1.29 is 14.6 Å². The van der Waals surface area contributed by atoms with Crippen LogP contribution in [0.1, 0.15) is 21.5 Å². The Morgan fingerprint density at radius 1 is 1.19 bits per heavy atom. The summed E-state index contributed by atoms with van der Waals surface area (Å²) in [7, 11) is 1.63. The van der Waals surface area contributed by atoms with Crippen molar-refractivity contribution in [2.75, 3.05) is 13.7 Å². The number of benzene rings is 2. The van der Waals surface area contributed by atoms with Crippen molar-refractivity contribution in [3.63, 3.8) is 0 Å². The highest BCUT2D eigenvalue weighted by Gasteiger charge is 2.10. The number of aryl methyl sites for hydroxylation is 1. The van der Waals surface area contributed by atoms with Gasteiger partial charge in [0, 0.05) is 6.54 Å². The van der Waals surface area contributed by atoms with Crippen molar-refractivity contribution in [3.05, 3.63) is 59.2 Å². The fraction of sp³-hybridized carbons (Fsp3) is 0.235. The molecule has 0 aliphatic rings. The van der Waals surface area contributed by atoms with E-state index in [2.05, 4.69) is 5.32 Å². The molecule has 2 aromatic rings. The minimum absolute atomic E-state index is 0.0111. The first-order valence-electron chi connectivity index (χ1n) is 6.81. The summed E-state index contributed by atoms with van der Waals surface area (Å²) in [6.45, 7) is 2.38. The van der Waals surface area contributed by atoms with E-state index in [1.54, 1.807) is 25.3 Å². The third-order valence-corrected chi connectivity index (χ3v) is 3.26. The van der Waals surface area contributed by atoms with Crippen molar-refractivity contribution >= 4 is 5.91 Å². The maximum Gasteiger partial charge on any atom is 0.255 e. The van der Waals surface area contributed by atoms with E-state index in [-0.39, 0.29) is 11.7 Å². The summed E-state index contributed by atoms with van der Waals surface area (Å²) in [6, 6.07) is 12.7. The summed E-state index contributed by atoms with van der Waals surface area (Å²) in [6.07, 6.45) is 0.725. The molecule has 0 bridgehead atoms. The van der Waals surface area contributed by atoms with Gasteiger partial charge >= 0.3 is 0 Å². The lowest BCUT2D eigenvalue weighted by molar-refractivity contribution is 0.0951. The molecule has 2 rings (SSSR count). The lowest BCUT2D eigenvalue weighted by atomic mass is 10.1. The first kappa shape index (κ1) is 14.9. The van der Waals surface area contributed by atoms with Gasteiger partial charge in [-0.2, -0.15) is 0 Å². The zero-order chi connectivity index (χ0) is 15.2. The summed E-state index contributed by atoms with van der Waals surface area (Å²) in [5.41, 5.74) is 2.34. The molecule has 2 aromatic carbocycles. The van der Waals surface area contributed by atoms with E-state index in [1.807, 2.05) is 31.2 Å². The number of hydrogen-bond acceptors (Lipinski definition) is 3. The summed E-state index contributed by atoms with van der Waals surface area (Å²) < 4.78 is 5.09. The topological polar surface area (TPSA) is 58.6 Å². The van der Waals surface area contributed by atoms with Gasteiger partial charge in [0.15, 0.2) is 0 Å². The normalized spacial score (nSPS) is 10.2. The third kappa shape index (κ3) is 3.99. The Hall–Kier alpha value is -2.49. The number of aromatic hydroxyl groups is 1. The molecule has 4 nitrogen and oxygen atoms in total. The van der Waals surface area contributed by atoms with Gasteiger partial charge in [0.05, 0.1) is 12.7 Å². The first-order valence-corrected chi connectivity index (χ1v) is 6.81. The molecule has 0 unspecified atom stereocenters. The van der Waals surface area contributed by atoms with Crippen LogP contribution in [0.4, 0.5) is 0 Å². The van der Waals surface area contributed by atoms with Crippen LogP contribution in [0.25, 0.3) is 0 Å². The van der Waals surface area contributed by atoms with Crippen LogP contribution in [0.3, 0.4) is 0 Å². The summed E-state index contributed by atoms with van der Waals surface area (Å²) >= 11 is 0. The monoisotopic (exact) mass is 285 g/mol. The van der Waals surface area contributed by atoms with E-state index in [4.69, 9.17) is 4.74 Å². The number of hydrogen-bond donors (Lipinski definition) is 2. The first-order chi connectivity index (χ1) is 10.1. The molecule has 0 saturated heterocycles. The largest absolute Gasteiger partial charge is 0.507 e. The van der Waals surface area contributed by atoms with Crippen LogP contribution in [0.5, 0.6) is 11.5 Å². The molecule has 0 atom stereocenters. The molecular formula is C17H19NO3. The van der Waals surface area contributed by atoms with Crippen molar-refractivity contribution in [1.82, 2.24) is 5.32 Å². The second-order valence-electron chi connectivity index (χ2n) is 4.87. The van der Waals surface area contributed by atoms with Crippen molar-refractivity contribution in [3.8, 4) is 11.5 Å². The van der Waals surface area contributed by atoms with E-state index >= 15 is 0 Å². The maximum atomic E-state index is 12.0.